The van der Waals surface area contributed by atoms with Gasteiger partial charge in [0.15, 0.2) is 0 Å². The highest BCUT2D eigenvalue weighted by Gasteiger charge is 2.23. The van der Waals surface area contributed by atoms with Crippen molar-refractivity contribution in [2.75, 3.05) is 26.4 Å². The van der Waals surface area contributed by atoms with E-state index < -0.39 is 35.8 Å². The maximum absolute atomic E-state index is 11.7. The molecule has 0 heterocycles. The van der Waals surface area contributed by atoms with Crippen LogP contribution in [0.2, 0.25) is 0 Å². The van der Waals surface area contributed by atoms with Crippen LogP contribution in [-0.2, 0) is 28.7 Å². The maximum atomic E-state index is 11.7. The Hall–Kier alpha value is -2.20. The molecule has 26 heavy (non-hydrogen) atoms. The fourth-order valence-corrected chi connectivity index (χ4v) is 1.90. The second kappa shape index (κ2) is 14.0. The summed E-state index contributed by atoms with van der Waals surface area (Å²) in [5, 5.41) is 22.5. The van der Waals surface area contributed by atoms with Crippen LogP contribution in [0.25, 0.3) is 0 Å². The molecule has 0 unspecified atom stereocenters. The van der Waals surface area contributed by atoms with Crippen LogP contribution in [0.15, 0.2) is 0 Å². The van der Waals surface area contributed by atoms with Gasteiger partial charge in [-0.15, -0.1) is 0 Å². The molecule has 2 atom stereocenters. The smallest absolute Gasteiger partial charge is 0.326 e. The van der Waals surface area contributed by atoms with Crippen molar-refractivity contribution in [3.63, 3.8) is 0 Å². The zero-order chi connectivity index (χ0) is 19.9. The maximum Gasteiger partial charge on any atom is 0.326 e. The Morgan fingerprint density at radius 3 is 1.96 bits per heavy atom. The van der Waals surface area contributed by atoms with Crippen LogP contribution in [0.5, 0.6) is 0 Å². The van der Waals surface area contributed by atoms with E-state index in [-0.39, 0.29) is 32.5 Å². The van der Waals surface area contributed by atoms with Crippen molar-refractivity contribution in [2.45, 2.75) is 51.6 Å². The first-order valence-corrected chi connectivity index (χ1v) is 8.51. The second-order valence-electron chi connectivity index (χ2n) is 5.53. The molecule has 2 amide bonds. The summed E-state index contributed by atoms with van der Waals surface area (Å²) < 4.78 is 10.2. The molecule has 0 aromatic heterocycles. The van der Waals surface area contributed by atoms with Crippen LogP contribution in [0.4, 0.5) is 0 Å². The number of nitrogens with one attached hydrogen (secondary N) is 2. The number of hydrogen-bond acceptors (Lipinski definition) is 6. The molecule has 0 aliphatic rings. The molecule has 4 N–H and O–H groups in total. The number of carboxylic acids is 2. The van der Waals surface area contributed by atoms with Crippen molar-refractivity contribution in [1.29, 1.82) is 0 Å². The van der Waals surface area contributed by atoms with E-state index in [1.807, 2.05) is 6.92 Å². The Bertz CT molecular complexity index is 469. The second-order valence-corrected chi connectivity index (χ2v) is 5.53. The summed E-state index contributed by atoms with van der Waals surface area (Å²) in [7, 11) is 0. The third kappa shape index (κ3) is 11.4. The van der Waals surface area contributed by atoms with E-state index in [1.54, 1.807) is 6.92 Å². The summed E-state index contributed by atoms with van der Waals surface area (Å²) in [6.45, 7) is 4.39. The fraction of sp³-hybridized carbons (Fsp3) is 0.750. The van der Waals surface area contributed by atoms with Gasteiger partial charge in [0.05, 0.1) is 13.2 Å². The highest BCUT2D eigenvalue weighted by atomic mass is 16.5. The van der Waals surface area contributed by atoms with Gasteiger partial charge in [0.1, 0.15) is 18.7 Å². The fourth-order valence-electron chi connectivity index (χ4n) is 1.90. The first-order chi connectivity index (χ1) is 12.3. The SMILES string of the molecule is CCCOCCOCC(=O)N[C@@H](CCC(=O)N[C@@H](CC)C(=O)O)C(=O)O. The van der Waals surface area contributed by atoms with Crippen LogP contribution in [0.1, 0.15) is 39.5 Å². The van der Waals surface area contributed by atoms with Gasteiger partial charge in [0.25, 0.3) is 0 Å². The van der Waals surface area contributed by atoms with Crippen molar-refractivity contribution >= 4 is 23.8 Å². The van der Waals surface area contributed by atoms with Gasteiger partial charge in [-0.3, -0.25) is 9.59 Å². The van der Waals surface area contributed by atoms with Crippen molar-refractivity contribution in [2.24, 2.45) is 0 Å². The summed E-state index contributed by atoms with van der Waals surface area (Å²) in [5.74, 6) is -3.67. The standard InChI is InChI=1S/C16H28N2O8/c1-3-7-25-8-9-26-10-14(20)18-12(16(23)24)5-6-13(19)17-11(4-2)15(21)22/h11-12H,3-10H2,1-2H3,(H,17,19)(H,18,20)(H,21,22)(H,23,24)/t11-,12-/m0/s1. The predicted octanol–water partition coefficient (Wildman–Crippen LogP) is -0.241. The first kappa shape index (κ1) is 23.8. The zero-order valence-corrected chi connectivity index (χ0v) is 15.2. The minimum atomic E-state index is -1.29. The van der Waals surface area contributed by atoms with E-state index in [2.05, 4.69) is 10.6 Å². The summed E-state index contributed by atoms with van der Waals surface area (Å²) in [5.41, 5.74) is 0. The summed E-state index contributed by atoms with van der Waals surface area (Å²) in [6.07, 6.45) is 0.689. The van der Waals surface area contributed by atoms with Crippen LogP contribution in [0, 0.1) is 0 Å². The van der Waals surface area contributed by atoms with Crippen LogP contribution in [-0.4, -0.2) is 72.5 Å². The first-order valence-electron chi connectivity index (χ1n) is 8.51. The minimum Gasteiger partial charge on any atom is -0.480 e. The third-order valence-electron chi connectivity index (χ3n) is 3.29. The highest BCUT2D eigenvalue weighted by Crippen LogP contribution is 2.00. The number of ether oxygens (including phenoxy) is 2. The van der Waals surface area contributed by atoms with Gasteiger partial charge in [-0.05, 0) is 19.3 Å². The number of rotatable bonds is 15. The lowest BCUT2D eigenvalue weighted by molar-refractivity contribution is -0.144. The van der Waals surface area contributed by atoms with Gasteiger partial charge < -0.3 is 30.3 Å². The molecule has 0 aliphatic carbocycles. The van der Waals surface area contributed by atoms with Gasteiger partial charge in [-0.25, -0.2) is 9.59 Å². The van der Waals surface area contributed by atoms with Crippen molar-refractivity contribution in [1.82, 2.24) is 10.6 Å². The largest absolute Gasteiger partial charge is 0.480 e. The molecule has 0 aliphatic heterocycles. The van der Waals surface area contributed by atoms with Gasteiger partial charge in [0, 0.05) is 13.0 Å². The van der Waals surface area contributed by atoms with Crippen molar-refractivity contribution in [3.8, 4) is 0 Å². The quantitative estimate of drug-likeness (QED) is 0.286. The molecule has 0 rings (SSSR count). The molecule has 10 nitrogen and oxygen atoms in total. The zero-order valence-electron chi connectivity index (χ0n) is 15.2. The summed E-state index contributed by atoms with van der Waals surface area (Å²) in [4.78, 5) is 45.4. The van der Waals surface area contributed by atoms with E-state index in [0.717, 1.165) is 6.42 Å². The van der Waals surface area contributed by atoms with E-state index in [0.29, 0.717) is 13.2 Å². The highest BCUT2D eigenvalue weighted by molar-refractivity contribution is 5.86. The van der Waals surface area contributed by atoms with Gasteiger partial charge in [-0.1, -0.05) is 13.8 Å². The molecule has 10 heteroatoms. The predicted molar refractivity (Wildman–Crippen MR) is 90.6 cm³/mol. The van der Waals surface area contributed by atoms with Crippen molar-refractivity contribution < 1.29 is 38.9 Å². The number of aliphatic carboxylic acids is 2. The lowest BCUT2D eigenvalue weighted by Gasteiger charge is -2.16. The molecular formula is C16H28N2O8. The van der Waals surface area contributed by atoms with Crippen LogP contribution >= 0.6 is 0 Å². The van der Waals surface area contributed by atoms with Crippen molar-refractivity contribution in [3.05, 3.63) is 0 Å². The molecule has 0 radical (unpaired) electrons. The molecule has 0 fully saturated rings. The Kier molecular flexibility index (Phi) is 12.8. The molecule has 0 saturated carbocycles. The number of carbonyl (C=O) groups excluding carboxylic acids is 2. The van der Waals surface area contributed by atoms with E-state index in [4.69, 9.17) is 19.7 Å². The molecular weight excluding hydrogens is 348 g/mol. The molecule has 0 bridgehead atoms. The van der Waals surface area contributed by atoms with Crippen LogP contribution in [0.3, 0.4) is 0 Å². The lowest BCUT2D eigenvalue weighted by atomic mass is 10.1. The van der Waals surface area contributed by atoms with E-state index in [1.165, 1.54) is 0 Å². The van der Waals surface area contributed by atoms with Gasteiger partial charge >= 0.3 is 11.9 Å². The Morgan fingerprint density at radius 2 is 1.42 bits per heavy atom. The normalized spacial score (nSPS) is 12.8. The Morgan fingerprint density at radius 1 is 0.846 bits per heavy atom. The molecule has 0 aromatic carbocycles. The monoisotopic (exact) mass is 376 g/mol. The summed E-state index contributed by atoms with van der Waals surface area (Å²) >= 11 is 0. The van der Waals surface area contributed by atoms with Gasteiger partial charge in [0.2, 0.25) is 11.8 Å². The Balaban J connectivity index is 4.19. The molecule has 0 spiro atoms. The molecule has 0 saturated heterocycles. The third-order valence-corrected chi connectivity index (χ3v) is 3.29. The van der Waals surface area contributed by atoms with E-state index >= 15 is 0 Å². The number of hydrogen-bond donors (Lipinski definition) is 4. The van der Waals surface area contributed by atoms with E-state index in [9.17, 15) is 19.2 Å². The Labute approximate surface area is 152 Å². The average molecular weight is 376 g/mol. The van der Waals surface area contributed by atoms with Crippen LogP contribution < -0.4 is 10.6 Å². The number of carboxylic acid groups (broad SMARTS) is 2. The average Bonchev–Trinajstić information content (AvgIpc) is 2.58. The minimum absolute atomic E-state index is 0.164. The molecule has 150 valence electrons. The number of amides is 2. The van der Waals surface area contributed by atoms with Gasteiger partial charge in [-0.2, -0.15) is 0 Å². The number of carbonyl (C=O) groups is 4. The molecule has 0 aromatic rings. The summed E-state index contributed by atoms with van der Waals surface area (Å²) in [6, 6.07) is -2.29. The topological polar surface area (TPSA) is 151 Å². The lowest BCUT2D eigenvalue weighted by Crippen LogP contribution is -2.44.